The van der Waals surface area contributed by atoms with E-state index in [1.54, 1.807) is 25.1 Å². The molecule has 112 valence electrons. The molecule has 0 radical (unpaired) electrons. The molecule has 5 heteroatoms. The summed E-state index contributed by atoms with van der Waals surface area (Å²) in [6.45, 7) is 5.39. The summed E-state index contributed by atoms with van der Waals surface area (Å²) in [7, 11) is 0. The van der Waals surface area contributed by atoms with Crippen LogP contribution in [0.4, 0.5) is 10.5 Å². The van der Waals surface area contributed by atoms with Gasteiger partial charge in [0.05, 0.1) is 12.1 Å². The zero-order valence-electron chi connectivity index (χ0n) is 12.4. The maximum absolute atomic E-state index is 12.0. The number of carbonyl (C=O) groups is 1. The van der Waals surface area contributed by atoms with E-state index in [9.17, 15) is 9.90 Å². The molecule has 0 aliphatic heterocycles. The molecule has 0 aliphatic carbocycles. The number of nitrogens with one attached hydrogen (secondary N) is 2. The summed E-state index contributed by atoms with van der Waals surface area (Å²) in [6, 6.07) is 10.3. The summed E-state index contributed by atoms with van der Waals surface area (Å²) >= 11 is 0. The number of carbonyl (C=O) groups excluding carboxylic acids is 1. The average Bonchev–Trinajstić information content (AvgIpc) is 2.85. The largest absolute Gasteiger partial charge is 0.464 e. The molecular weight excluding hydrogens is 268 g/mol. The second-order valence-electron chi connectivity index (χ2n) is 5.07. The number of benzene rings is 1. The first kappa shape index (κ1) is 15.1. The zero-order valence-corrected chi connectivity index (χ0v) is 12.4. The van der Waals surface area contributed by atoms with Crippen molar-refractivity contribution in [3.05, 3.63) is 53.5 Å². The topological polar surface area (TPSA) is 74.5 Å². The Morgan fingerprint density at radius 1 is 1.24 bits per heavy atom. The van der Waals surface area contributed by atoms with Crippen molar-refractivity contribution in [2.45, 2.75) is 32.9 Å². The fourth-order valence-corrected chi connectivity index (χ4v) is 2.00. The van der Waals surface area contributed by atoms with Crippen LogP contribution in [0, 0.1) is 6.92 Å². The number of hydrogen-bond donors (Lipinski definition) is 3. The van der Waals surface area contributed by atoms with Crippen molar-refractivity contribution in [2.24, 2.45) is 0 Å². The number of anilines is 1. The smallest absolute Gasteiger partial charge is 0.319 e. The Balaban J connectivity index is 1.97. The normalized spacial score (nSPS) is 13.5. The van der Waals surface area contributed by atoms with Crippen molar-refractivity contribution in [2.75, 3.05) is 5.32 Å². The van der Waals surface area contributed by atoms with Gasteiger partial charge in [0, 0.05) is 5.69 Å². The van der Waals surface area contributed by atoms with E-state index in [-0.39, 0.29) is 12.1 Å². The molecule has 2 aromatic rings. The van der Waals surface area contributed by atoms with Crippen molar-refractivity contribution in [1.82, 2.24) is 5.32 Å². The van der Waals surface area contributed by atoms with Crippen LogP contribution in [0.5, 0.6) is 0 Å². The van der Waals surface area contributed by atoms with E-state index in [0.29, 0.717) is 11.4 Å². The van der Waals surface area contributed by atoms with Gasteiger partial charge in [0.1, 0.15) is 11.5 Å². The second kappa shape index (κ2) is 6.45. The Morgan fingerprint density at radius 2 is 2.00 bits per heavy atom. The molecule has 2 unspecified atom stereocenters. The molecule has 21 heavy (non-hydrogen) atoms. The predicted molar refractivity (Wildman–Crippen MR) is 81.1 cm³/mol. The first-order valence-corrected chi connectivity index (χ1v) is 6.87. The van der Waals surface area contributed by atoms with E-state index in [1.807, 2.05) is 32.0 Å². The lowest BCUT2D eigenvalue weighted by Gasteiger charge is -2.13. The van der Waals surface area contributed by atoms with Gasteiger partial charge in [-0.2, -0.15) is 0 Å². The molecule has 1 heterocycles. The lowest BCUT2D eigenvalue weighted by atomic mass is 10.1. The molecular formula is C16H20N2O3. The maximum atomic E-state index is 12.0. The standard InChI is InChI=1S/C16H20N2O3/c1-10-7-8-15(21-10)11(2)17-16(20)18-14-6-4-5-13(9-14)12(3)19/h4-9,11-12,19H,1-3H3,(H2,17,18,20). The van der Waals surface area contributed by atoms with Crippen LogP contribution in [0.1, 0.15) is 43.1 Å². The molecule has 0 bridgehead atoms. The molecule has 0 saturated heterocycles. The van der Waals surface area contributed by atoms with Crippen LogP contribution in [0.25, 0.3) is 0 Å². The Labute approximate surface area is 124 Å². The Kier molecular flexibility index (Phi) is 4.65. The molecule has 1 aromatic carbocycles. The fourth-order valence-electron chi connectivity index (χ4n) is 2.00. The van der Waals surface area contributed by atoms with Gasteiger partial charge in [0.2, 0.25) is 0 Å². The van der Waals surface area contributed by atoms with Gasteiger partial charge in [-0.15, -0.1) is 0 Å². The van der Waals surface area contributed by atoms with Crippen LogP contribution in [0.3, 0.4) is 0 Å². The molecule has 2 rings (SSSR count). The summed E-state index contributed by atoms with van der Waals surface area (Å²) in [5.74, 6) is 1.52. The van der Waals surface area contributed by atoms with Crippen molar-refractivity contribution in [3.63, 3.8) is 0 Å². The minimum Gasteiger partial charge on any atom is -0.464 e. The van der Waals surface area contributed by atoms with Gasteiger partial charge in [-0.1, -0.05) is 12.1 Å². The minimum atomic E-state index is -0.570. The van der Waals surface area contributed by atoms with E-state index in [0.717, 1.165) is 11.3 Å². The molecule has 0 spiro atoms. The minimum absolute atomic E-state index is 0.223. The number of furan rings is 1. The van der Waals surface area contributed by atoms with Gasteiger partial charge in [-0.3, -0.25) is 0 Å². The number of amides is 2. The summed E-state index contributed by atoms with van der Waals surface area (Å²) in [5.41, 5.74) is 1.39. The molecule has 0 saturated carbocycles. The quantitative estimate of drug-likeness (QED) is 0.805. The van der Waals surface area contributed by atoms with Crippen molar-refractivity contribution < 1.29 is 14.3 Å². The lowest BCUT2D eigenvalue weighted by Crippen LogP contribution is -2.31. The molecule has 0 fully saturated rings. The van der Waals surface area contributed by atoms with Crippen molar-refractivity contribution >= 4 is 11.7 Å². The summed E-state index contributed by atoms with van der Waals surface area (Å²) in [4.78, 5) is 12.0. The van der Waals surface area contributed by atoms with Gasteiger partial charge in [0.15, 0.2) is 0 Å². The first-order chi connectivity index (χ1) is 9.95. The summed E-state index contributed by atoms with van der Waals surface area (Å²) in [5, 5.41) is 15.1. The zero-order chi connectivity index (χ0) is 15.4. The SMILES string of the molecule is Cc1ccc(C(C)NC(=O)Nc2cccc(C(C)O)c2)o1. The maximum Gasteiger partial charge on any atom is 0.319 e. The third kappa shape index (κ3) is 4.10. The molecule has 2 amide bonds. The fraction of sp³-hybridized carbons (Fsp3) is 0.312. The average molecular weight is 288 g/mol. The first-order valence-electron chi connectivity index (χ1n) is 6.87. The number of aliphatic hydroxyl groups is 1. The number of aliphatic hydroxyl groups excluding tert-OH is 1. The molecule has 5 nitrogen and oxygen atoms in total. The highest BCUT2D eigenvalue weighted by Crippen LogP contribution is 2.18. The molecule has 2 atom stereocenters. The van der Waals surface area contributed by atoms with E-state index in [4.69, 9.17) is 4.42 Å². The Hall–Kier alpha value is -2.27. The molecule has 0 aliphatic rings. The number of aryl methyl sites for hydroxylation is 1. The van der Waals surface area contributed by atoms with Crippen molar-refractivity contribution in [1.29, 1.82) is 0 Å². The van der Waals surface area contributed by atoms with Crippen LogP contribution >= 0.6 is 0 Å². The number of rotatable bonds is 4. The highest BCUT2D eigenvalue weighted by Gasteiger charge is 2.13. The molecule has 3 N–H and O–H groups in total. The van der Waals surface area contributed by atoms with Crippen LogP contribution in [-0.2, 0) is 0 Å². The predicted octanol–water partition coefficient (Wildman–Crippen LogP) is 3.52. The van der Waals surface area contributed by atoms with Crippen LogP contribution in [0.2, 0.25) is 0 Å². The van der Waals surface area contributed by atoms with Gasteiger partial charge in [0.25, 0.3) is 0 Å². The highest BCUT2D eigenvalue weighted by molar-refractivity contribution is 5.89. The monoisotopic (exact) mass is 288 g/mol. The second-order valence-corrected chi connectivity index (χ2v) is 5.07. The van der Waals surface area contributed by atoms with E-state index in [2.05, 4.69) is 10.6 Å². The van der Waals surface area contributed by atoms with Gasteiger partial charge in [-0.25, -0.2) is 4.79 Å². The van der Waals surface area contributed by atoms with Crippen LogP contribution in [-0.4, -0.2) is 11.1 Å². The number of urea groups is 1. The van der Waals surface area contributed by atoms with Crippen LogP contribution in [0.15, 0.2) is 40.8 Å². The van der Waals surface area contributed by atoms with Gasteiger partial charge < -0.3 is 20.2 Å². The van der Waals surface area contributed by atoms with E-state index in [1.165, 1.54) is 0 Å². The summed E-state index contributed by atoms with van der Waals surface area (Å²) < 4.78 is 5.47. The number of hydrogen-bond acceptors (Lipinski definition) is 3. The van der Waals surface area contributed by atoms with Crippen molar-refractivity contribution in [3.8, 4) is 0 Å². The lowest BCUT2D eigenvalue weighted by molar-refractivity contribution is 0.199. The summed E-state index contributed by atoms with van der Waals surface area (Å²) in [6.07, 6.45) is -0.570. The van der Waals surface area contributed by atoms with E-state index >= 15 is 0 Å². The van der Waals surface area contributed by atoms with E-state index < -0.39 is 6.10 Å². The Morgan fingerprint density at radius 3 is 2.62 bits per heavy atom. The van der Waals surface area contributed by atoms with Gasteiger partial charge >= 0.3 is 6.03 Å². The Bertz CT molecular complexity index is 619. The van der Waals surface area contributed by atoms with Crippen LogP contribution < -0.4 is 10.6 Å². The molecule has 1 aromatic heterocycles. The third-order valence-corrected chi connectivity index (χ3v) is 3.16. The highest BCUT2D eigenvalue weighted by atomic mass is 16.3. The third-order valence-electron chi connectivity index (χ3n) is 3.16. The van der Waals surface area contributed by atoms with Gasteiger partial charge in [-0.05, 0) is 50.6 Å².